The van der Waals surface area contributed by atoms with Crippen LogP contribution in [0.1, 0.15) is 89.4 Å². The number of carbonyl (C=O) groups excluding carboxylic acids is 8. The molecule has 18 nitrogen and oxygen atoms in total. The number of nitriles is 1. The lowest BCUT2D eigenvalue weighted by molar-refractivity contribution is -0.197. The zero-order valence-electron chi connectivity index (χ0n) is 32.6. The normalized spacial score (nSPS) is 16.5. The number of benzene rings is 1. The van der Waals surface area contributed by atoms with E-state index in [0.717, 1.165) is 4.90 Å². The Bertz CT molecular complexity index is 1980. The average molecular weight is 813 g/mol. The first kappa shape index (κ1) is 44.6. The van der Waals surface area contributed by atoms with Crippen LogP contribution < -0.4 is 21.3 Å². The third-order valence-electron chi connectivity index (χ3n) is 9.00. The smallest absolute Gasteiger partial charge is 0.333 e. The van der Waals surface area contributed by atoms with Crippen LogP contribution in [0.5, 0.6) is 0 Å². The number of fused-ring (bicyclic) bond motifs is 1. The zero-order chi connectivity index (χ0) is 42.8. The first-order valence-electron chi connectivity index (χ1n) is 18.5. The van der Waals surface area contributed by atoms with Gasteiger partial charge in [-0.1, -0.05) is 12.1 Å². The Morgan fingerprint density at radius 2 is 1.64 bits per heavy atom. The van der Waals surface area contributed by atoms with Crippen LogP contribution in [0.15, 0.2) is 30.5 Å². The van der Waals surface area contributed by atoms with Crippen LogP contribution in [0, 0.1) is 11.3 Å². The van der Waals surface area contributed by atoms with Crippen molar-refractivity contribution < 1.29 is 56.7 Å². The number of rotatable bonds is 18. The lowest BCUT2D eigenvalue weighted by Crippen LogP contribution is -2.50. The van der Waals surface area contributed by atoms with Gasteiger partial charge in [-0.05, 0) is 46.2 Å². The van der Waals surface area contributed by atoms with Gasteiger partial charge in [0, 0.05) is 63.1 Å². The van der Waals surface area contributed by atoms with Crippen molar-refractivity contribution in [2.24, 2.45) is 0 Å². The zero-order valence-corrected chi connectivity index (χ0v) is 32.6. The molecule has 0 radical (unpaired) electrons. The van der Waals surface area contributed by atoms with Crippen LogP contribution >= 0.6 is 0 Å². The monoisotopic (exact) mass is 812 g/mol. The first-order valence-corrected chi connectivity index (χ1v) is 18.5. The molecule has 2 aliphatic heterocycles. The summed E-state index contributed by atoms with van der Waals surface area (Å²) in [7, 11) is 0. The van der Waals surface area contributed by atoms with E-state index in [9.17, 15) is 47.1 Å². The fourth-order valence-corrected chi connectivity index (χ4v) is 5.96. The number of ether oxygens (including phenoxy) is 1. The number of amides is 7. The van der Waals surface area contributed by atoms with Crippen molar-refractivity contribution in [2.45, 2.75) is 102 Å². The third kappa shape index (κ3) is 12.7. The molecule has 1 atom stereocenters. The standard InChI is InChI=1S/C38H46F2N8O10/c1-36(2,46-29(51)9-6-10-33(55)58-48-30(52)13-14-31(48)53)22-57-37(3,4)20-44-27(49)11-12-28(50)45-26-8-5-7-24-25(15-16-42-34(24)26)35(56)43-19-32(54)47-21-38(39,40)17-23(47)18-41/h5,7-8,15-16,23H,6,9-14,17,19-22H2,1-4H3,(H,43,56)(H,44,49)(H,45,50)(H,46,51)/t23-/m0/s1. The predicted molar refractivity (Wildman–Crippen MR) is 199 cm³/mol. The molecule has 2 saturated heterocycles. The molecular weight excluding hydrogens is 766 g/mol. The number of hydrogen-bond acceptors (Lipinski definition) is 12. The van der Waals surface area contributed by atoms with Gasteiger partial charge < -0.3 is 35.7 Å². The minimum absolute atomic E-state index is 0.0192. The van der Waals surface area contributed by atoms with E-state index >= 15 is 0 Å². The summed E-state index contributed by atoms with van der Waals surface area (Å²) in [6.07, 6.45) is 0.0631. The number of hydroxylamine groups is 2. The molecule has 1 aromatic carbocycles. The van der Waals surface area contributed by atoms with Crippen molar-refractivity contribution in [2.75, 3.05) is 31.6 Å². The highest BCUT2D eigenvalue weighted by atomic mass is 19.3. The predicted octanol–water partition coefficient (Wildman–Crippen LogP) is 2.03. The van der Waals surface area contributed by atoms with Crippen LogP contribution in [0.25, 0.3) is 10.9 Å². The minimum atomic E-state index is -3.20. The van der Waals surface area contributed by atoms with E-state index < -0.39 is 84.0 Å². The maximum atomic E-state index is 13.8. The number of pyridine rings is 1. The maximum Gasteiger partial charge on any atom is 0.333 e. The molecule has 0 spiro atoms. The molecule has 4 rings (SSSR count). The van der Waals surface area contributed by atoms with E-state index in [1.807, 2.05) is 0 Å². The Hall–Kier alpha value is -6.10. The SMILES string of the molecule is CC(C)(COC(C)(C)CNC(=O)CCC(=O)Nc1cccc2c(C(=O)NCC(=O)N3CC(F)(F)C[C@H]3C#N)ccnc12)NC(=O)CCCC(=O)ON1C(=O)CCC1=O. The molecule has 0 aliphatic carbocycles. The number of hydrogen-bond donors (Lipinski definition) is 4. The fraction of sp³-hybridized carbons (Fsp3) is 0.526. The molecule has 7 amide bonds. The van der Waals surface area contributed by atoms with E-state index in [1.54, 1.807) is 52.0 Å². The minimum Gasteiger partial charge on any atom is -0.371 e. The van der Waals surface area contributed by atoms with E-state index in [0.29, 0.717) is 10.4 Å². The number of imide groups is 1. The number of carbonyl (C=O) groups is 8. The van der Waals surface area contributed by atoms with Crippen LogP contribution in [0.2, 0.25) is 0 Å². The lowest BCUT2D eigenvalue weighted by Gasteiger charge is -2.32. The van der Waals surface area contributed by atoms with Gasteiger partial charge in [-0.25, -0.2) is 13.6 Å². The molecule has 20 heteroatoms. The molecule has 0 saturated carbocycles. The summed E-state index contributed by atoms with van der Waals surface area (Å²) in [5.41, 5.74) is -1.10. The molecule has 1 aromatic heterocycles. The number of nitrogens with zero attached hydrogens (tertiary/aromatic N) is 4. The van der Waals surface area contributed by atoms with Crippen molar-refractivity contribution >= 4 is 63.9 Å². The molecule has 2 aromatic rings. The van der Waals surface area contributed by atoms with E-state index in [-0.39, 0.29) is 80.8 Å². The topological polar surface area (TPSA) is 246 Å². The number of halogens is 2. The van der Waals surface area contributed by atoms with Gasteiger partial charge in [0.2, 0.25) is 23.6 Å². The summed E-state index contributed by atoms with van der Waals surface area (Å²) in [5, 5.41) is 20.6. The van der Waals surface area contributed by atoms with Gasteiger partial charge in [0.05, 0.1) is 53.7 Å². The third-order valence-corrected chi connectivity index (χ3v) is 9.00. The summed E-state index contributed by atoms with van der Waals surface area (Å²) < 4.78 is 33.5. The highest BCUT2D eigenvalue weighted by Crippen LogP contribution is 2.31. The molecule has 2 aliphatic rings. The second-order valence-corrected chi connectivity index (χ2v) is 15.2. The van der Waals surface area contributed by atoms with Gasteiger partial charge in [0.15, 0.2) is 0 Å². The quantitative estimate of drug-likeness (QED) is 0.158. The average Bonchev–Trinajstić information content (AvgIpc) is 3.66. The Kier molecular flexibility index (Phi) is 14.5. The van der Waals surface area contributed by atoms with E-state index in [4.69, 9.17) is 14.8 Å². The molecule has 58 heavy (non-hydrogen) atoms. The van der Waals surface area contributed by atoms with Crippen molar-refractivity contribution in [1.82, 2.24) is 30.9 Å². The van der Waals surface area contributed by atoms with Gasteiger partial charge >= 0.3 is 5.97 Å². The molecule has 2 fully saturated rings. The second-order valence-electron chi connectivity index (χ2n) is 15.2. The van der Waals surface area contributed by atoms with Crippen molar-refractivity contribution in [3.05, 3.63) is 36.0 Å². The number of alkyl halides is 2. The Labute approximate surface area is 332 Å². The van der Waals surface area contributed by atoms with Crippen molar-refractivity contribution in [3.8, 4) is 6.07 Å². The van der Waals surface area contributed by atoms with Crippen molar-refractivity contribution in [3.63, 3.8) is 0 Å². The maximum absolute atomic E-state index is 13.8. The van der Waals surface area contributed by atoms with Crippen LogP contribution in [-0.2, 0) is 43.1 Å². The highest BCUT2D eigenvalue weighted by molar-refractivity contribution is 6.11. The molecule has 3 heterocycles. The molecular formula is C38H46F2N8O10. The van der Waals surface area contributed by atoms with Crippen LogP contribution in [0.4, 0.5) is 14.5 Å². The van der Waals surface area contributed by atoms with E-state index in [1.165, 1.54) is 12.3 Å². The summed E-state index contributed by atoms with van der Waals surface area (Å²) in [5.74, 6) is -8.01. The fourth-order valence-electron chi connectivity index (χ4n) is 5.96. The number of nitrogens with one attached hydrogen (secondary N) is 4. The lowest BCUT2D eigenvalue weighted by atomic mass is 10.0. The van der Waals surface area contributed by atoms with Gasteiger partial charge in [0.1, 0.15) is 6.04 Å². The van der Waals surface area contributed by atoms with Crippen molar-refractivity contribution in [1.29, 1.82) is 5.26 Å². The Morgan fingerprint density at radius 1 is 0.948 bits per heavy atom. The molecule has 4 N–H and O–H groups in total. The Balaban J connectivity index is 1.17. The van der Waals surface area contributed by atoms with Gasteiger partial charge in [-0.3, -0.25) is 38.5 Å². The summed E-state index contributed by atoms with van der Waals surface area (Å²) >= 11 is 0. The number of aromatic nitrogens is 1. The summed E-state index contributed by atoms with van der Waals surface area (Å²) in [4.78, 5) is 109. The second kappa shape index (κ2) is 18.9. The van der Waals surface area contributed by atoms with Gasteiger partial charge in [-0.2, -0.15) is 5.26 Å². The number of anilines is 1. The van der Waals surface area contributed by atoms with Crippen LogP contribution in [0.3, 0.4) is 0 Å². The van der Waals surface area contributed by atoms with Crippen LogP contribution in [-0.4, -0.2) is 112 Å². The van der Waals surface area contributed by atoms with Gasteiger partial charge in [-0.15, -0.1) is 5.06 Å². The summed E-state index contributed by atoms with van der Waals surface area (Å²) in [6, 6.07) is 6.46. The highest BCUT2D eigenvalue weighted by Gasteiger charge is 2.47. The molecule has 0 unspecified atom stereocenters. The first-order chi connectivity index (χ1) is 27.2. The molecule has 312 valence electrons. The number of para-hydroxylation sites is 1. The van der Waals surface area contributed by atoms with E-state index in [2.05, 4.69) is 26.3 Å². The largest absolute Gasteiger partial charge is 0.371 e. The number of likely N-dealkylation sites (tertiary alicyclic amines) is 1. The summed E-state index contributed by atoms with van der Waals surface area (Å²) in [6.45, 7) is 5.54. The molecule has 0 bridgehead atoms. The Morgan fingerprint density at radius 3 is 2.33 bits per heavy atom. The van der Waals surface area contributed by atoms with Gasteiger partial charge in [0.25, 0.3) is 23.6 Å².